The van der Waals surface area contributed by atoms with Gasteiger partial charge in [0, 0.05) is 36.1 Å². The summed E-state index contributed by atoms with van der Waals surface area (Å²) in [7, 11) is 2.06. The van der Waals surface area contributed by atoms with E-state index < -0.39 is 0 Å². The van der Waals surface area contributed by atoms with Crippen LogP contribution in [0.25, 0.3) is 22.7 Å². The average Bonchev–Trinajstić information content (AvgIpc) is 2.96. The van der Waals surface area contributed by atoms with Crippen LogP contribution in [0, 0.1) is 0 Å². The second-order valence-corrected chi connectivity index (χ2v) is 6.49. The van der Waals surface area contributed by atoms with Gasteiger partial charge in [-0.1, -0.05) is 43.0 Å². The van der Waals surface area contributed by atoms with Crippen molar-refractivity contribution < 1.29 is 0 Å². The molecule has 3 aromatic rings. The number of benzene rings is 2. The highest BCUT2D eigenvalue weighted by Crippen LogP contribution is 2.17. The van der Waals surface area contributed by atoms with E-state index in [2.05, 4.69) is 90.2 Å². The molecule has 2 aromatic carbocycles. The zero-order chi connectivity index (χ0) is 17.4. The summed E-state index contributed by atoms with van der Waals surface area (Å²) in [5, 5.41) is 5.92. The van der Waals surface area contributed by atoms with Crippen molar-refractivity contribution in [3.8, 4) is 0 Å². The first kappa shape index (κ1) is 15.6. The van der Waals surface area contributed by atoms with E-state index in [1.807, 2.05) is 6.07 Å². The van der Waals surface area contributed by atoms with Gasteiger partial charge in [-0.05, 0) is 36.8 Å². The number of hydrogen-bond donors (Lipinski definition) is 1. The summed E-state index contributed by atoms with van der Waals surface area (Å²) in [6.45, 7) is 7.38. The molecule has 1 aromatic heterocycles. The number of hydrazine groups is 1. The van der Waals surface area contributed by atoms with Crippen LogP contribution in [0.2, 0.25) is 0 Å². The molecule has 1 heterocycles. The largest absolute Gasteiger partial charge is 0.339 e. The number of anilines is 1. The number of fused-ring (bicyclic) bond motifs is 3. The summed E-state index contributed by atoms with van der Waals surface area (Å²) in [6, 6.07) is 19.0. The summed E-state index contributed by atoms with van der Waals surface area (Å²) < 4.78 is 2.40. The fourth-order valence-corrected chi connectivity index (χ4v) is 3.71. The molecule has 1 aliphatic carbocycles. The molecule has 3 nitrogen and oxygen atoms in total. The number of aryl methyl sites for hydroxylation is 1. The zero-order valence-corrected chi connectivity index (χ0v) is 14.8. The first-order valence-corrected chi connectivity index (χ1v) is 8.74. The van der Waals surface area contributed by atoms with E-state index in [9.17, 15) is 0 Å². The van der Waals surface area contributed by atoms with Crippen molar-refractivity contribution in [3.05, 3.63) is 77.3 Å². The lowest BCUT2D eigenvalue weighted by molar-refractivity contribution is 0.744. The summed E-state index contributed by atoms with van der Waals surface area (Å²) >= 11 is 0. The highest BCUT2D eigenvalue weighted by molar-refractivity contribution is 5.85. The molecule has 0 unspecified atom stereocenters. The summed E-state index contributed by atoms with van der Waals surface area (Å²) in [4.78, 5) is 0. The molecule has 0 bridgehead atoms. The van der Waals surface area contributed by atoms with E-state index in [1.54, 1.807) is 0 Å². The lowest BCUT2D eigenvalue weighted by Crippen LogP contribution is -2.43. The van der Waals surface area contributed by atoms with Crippen LogP contribution in [-0.4, -0.2) is 11.6 Å². The minimum absolute atomic E-state index is 0.834. The number of aromatic nitrogens is 1. The van der Waals surface area contributed by atoms with Crippen molar-refractivity contribution in [2.24, 2.45) is 0 Å². The Morgan fingerprint density at radius 2 is 1.80 bits per heavy atom. The fourth-order valence-electron chi connectivity index (χ4n) is 3.71. The summed E-state index contributed by atoms with van der Waals surface area (Å²) in [5.74, 6) is 0. The van der Waals surface area contributed by atoms with Crippen LogP contribution < -0.4 is 21.0 Å². The Kier molecular flexibility index (Phi) is 3.85. The lowest BCUT2D eigenvalue weighted by atomic mass is 10.0. The van der Waals surface area contributed by atoms with Gasteiger partial charge in [0.15, 0.2) is 0 Å². The molecule has 0 aliphatic heterocycles. The van der Waals surface area contributed by atoms with Crippen LogP contribution in [0.5, 0.6) is 0 Å². The topological polar surface area (TPSA) is 20.2 Å². The van der Waals surface area contributed by atoms with Gasteiger partial charge in [-0.2, -0.15) is 0 Å². The molecule has 126 valence electrons. The Hall–Kier alpha value is -2.94. The Morgan fingerprint density at radius 3 is 2.56 bits per heavy atom. The third kappa shape index (κ3) is 2.62. The number of nitrogens with zero attached hydrogens (tertiary/aromatic N) is 2. The van der Waals surface area contributed by atoms with Gasteiger partial charge in [0.25, 0.3) is 0 Å². The first-order chi connectivity index (χ1) is 12.2. The van der Waals surface area contributed by atoms with Crippen LogP contribution in [0.15, 0.2) is 66.7 Å². The number of rotatable bonds is 4. The second kappa shape index (κ2) is 6.17. The molecule has 1 N–H and O–H groups in total. The molecule has 0 atom stereocenters. The van der Waals surface area contributed by atoms with Gasteiger partial charge in [-0.3, -0.25) is 5.01 Å². The van der Waals surface area contributed by atoms with Gasteiger partial charge >= 0.3 is 0 Å². The molecule has 0 radical (unpaired) electrons. The maximum Gasteiger partial charge on any atom is 0.0706 e. The standard InChI is InChI=1S/C22H23N3/c1-4-25-21-13-9-8-12-18(21)19-14-16(2)15-20(22(19)25)23-24(3)17-10-6-5-7-11-17/h5-14,23H,2,4,15H2,1,3H3. The van der Waals surface area contributed by atoms with Crippen LogP contribution in [0.4, 0.5) is 5.69 Å². The molecule has 0 saturated carbocycles. The molecule has 0 saturated heterocycles. The van der Waals surface area contributed by atoms with Crippen molar-refractivity contribution in [3.63, 3.8) is 0 Å². The molecular formula is C22H23N3. The van der Waals surface area contributed by atoms with Gasteiger partial charge < -0.3 is 9.99 Å². The molecule has 0 fully saturated rings. The predicted molar refractivity (Wildman–Crippen MR) is 106 cm³/mol. The monoisotopic (exact) mass is 329 g/mol. The van der Waals surface area contributed by atoms with Gasteiger partial charge in [0.1, 0.15) is 0 Å². The van der Waals surface area contributed by atoms with E-state index in [1.165, 1.54) is 27.2 Å². The highest BCUT2D eigenvalue weighted by Gasteiger charge is 2.16. The zero-order valence-electron chi connectivity index (χ0n) is 14.8. The normalized spacial score (nSPS) is 13.5. The second-order valence-electron chi connectivity index (χ2n) is 6.49. The van der Waals surface area contributed by atoms with E-state index in [4.69, 9.17) is 0 Å². The molecule has 25 heavy (non-hydrogen) atoms. The quantitative estimate of drug-likeness (QED) is 0.742. The maximum atomic E-state index is 4.24. The van der Waals surface area contributed by atoms with Crippen LogP contribution in [0.1, 0.15) is 13.3 Å². The molecule has 3 heteroatoms. The van der Waals surface area contributed by atoms with Gasteiger partial charge in [0.05, 0.1) is 16.7 Å². The van der Waals surface area contributed by atoms with Crippen LogP contribution in [-0.2, 0) is 6.54 Å². The fraction of sp³-hybridized carbons (Fsp3) is 0.182. The molecular weight excluding hydrogens is 306 g/mol. The minimum Gasteiger partial charge on any atom is -0.339 e. The van der Waals surface area contributed by atoms with Crippen molar-refractivity contribution in [1.82, 2.24) is 9.99 Å². The molecule has 1 aliphatic rings. The third-order valence-electron chi connectivity index (χ3n) is 4.81. The lowest BCUT2D eigenvalue weighted by Gasteiger charge is -2.25. The Bertz CT molecular complexity index is 1060. The molecule has 0 spiro atoms. The number of para-hydroxylation sites is 2. The predicted octanol–water partition coefficient (Wildman–Crippen LogP) is 3.15. The van der Waals surface area contributed by atoms with Gasteiger partial charge in [-0.25, -0.2) is 0 Å². The van der Waals surface area contributed by atoms with Crippen LogP contribution >= 0.6 is 0 Å². The molecule has 4 rings (SSSR count). The van der Waals surface area contributed by atoms with Crippen molar-refractivity contribution >= 4 is 28.4 Å². The Balaban J connectivity index is 1.93. The minimum atomic E-state index is 0.834. The average molecular weight is 329 g/mol. The summed E-state index contributed by atoms with van der Waals surface area (Å²) in [5.41, 5.74) is 8.36. The van der Waals surface area contributed by atoms with Gasteiger partial charge in [0.2, 0.25) is 0 Å². The smallest absolute Gasteiger partial charge is 0.0706 e. The van der Waals surface area contributed by atoms with Crippen molar-refractivity contribution in [1.29, 1.82) is 0 Å². The van der Waals surface area contributed by atoms with E-state index in [-0.39, 0.29) is 0 Å². The Labute approximate surface area is 148 Å². The van der Waals surface area contributed by atoms with Gasteiger partial charge in [-0.15, -0.1) is 0 Å². The SMILES string of the molecule is C=C1C=c2c(n(CC)c3ccccc23)=C(NN(C)c2ccccc2)C1. The first-order valence-electron chi connectivity index (χ1n) is 8.74. The summed E-state index contributed by atoms with van der Waals surface area (Å²) in [6.07, 6.45) is 3.07. The van der Waals surface area contributed by atoms with Crippen molar-refractivity contribution in [2.75, 3.05) is 12.1 Å². The number of nitrogens with one attached hydrogen (secondary N) is 1. The number of hydrogen-bond acceptors (Lipinski definition) is 2. The van der Waals surface area contributed by atoms with E-state index in [0.717, 1.165) is 24.2 Å². The Morgan fingerprint density at radius 1 is 1.08 bits per heavy atom. The maximum absolute atomic E-state index is 4.24. The third-order valence-corrected chi connectivity index (χ3v) is 4.81. The molecule has 0 amide bonds. The van der Waals surface area contributed by atoms with E-state index >= 15 is 0 Å². The highest BCUT2D eigenvalue weighted by atomic mass is 15.5. The van der Waals surface area contributed by atoms with Crippen LogP contribution in [0.3, 0.4) is 0 Å². The van der Waals surface area contributed by atoms with Crippen molar-refractivity contribution in [2.45, 2.75) is 19.9 Å². The van der Waals surface area contributed by atoms with E-state index in [0.29, 0.717) is 0 Å².